The van der Waals surface area contributed by atoms with Crippen LogP contribution in [0.3, 0.4) is 0 Å². The SMILES string of the molecule is C.CONC(=O)c1ccc(Br)c(Cl)c1.O=C(O)c1ccc(Br)c(Cl)c1. The Hall–Kier alpha value is -1.12. The van der Waals surface area contributed by atoms with Gasteiger partial charge in [-0.25, -0.2) is 10.3 Å². The van der Waals surface area contributed by atoms with Crippen LogP contribution in [0.25, 0.3) is 0 Å². The number of nitrogens with one attached hydrogen (secondary N) is 1. The normalized spacial score (nSPS) is 9.32. The second-order valence-corrected chi connectivity index (χ2v) is 6.72. The molecule has 0 heterocycles. The largest absolute Gasteiger partial charge is 0.478 e. The average Bonchev–Trinajstić information content (AvgIpc) is 2.53. The number of benzene rings is 2. The number of aromatic carboxylic acids is 1. The van der Waals surface area contributed by atoms with Crippen LogP contribution in [0.15, 0.2) is 45.3 Å². The summed E-state index contributed by atoms with van der Waals surface area (Å²) in [6.07, 6.45) is 0. The van der Waals surface area contributed by atoms with Gasteiger partial charge in [0.25, 0.3) is 5.91 Å². The van der Waals surface area contributed by atoms with Crippen molar-refractivity contribution < 1.29 is 19.5 Å². The van der Waals surface area contributed by atoms with Crippen LogP contribution in [0.2, 0.25) is 10.0 Å². The van der Waals surface area contributed by atoms with E-state index in [1.165, 1.54) is 19.2 Å². The van der Waals surface area contributed by atoms with Gasteiger partial charge in [0, 0.05) is 14.5 Å². The number of carbonyl (C=O) groups is 2. The third-order valence-corrected chi connectivity index (χ3v) is 5.01. The summed E-state index contributed by atoms with van der Waals surface area (Å²) in [6, 6.07) is 9.38. The maximum absolute atomic E-state index is 11.2. The number of halogens is 4. The summed E-state index contributed by atoms with van der Waals surface area (Å²) in [6.45, 7) is 0. The lowest BCUT2D eigenvalue weighted by Gasteiger charge is -2.02. The zero-order valence-corrected chi connectivity index (χ0v) is 16.8. The second-order valence-electron chi connectivity index (χ2n) is 4.20. The third kappa shape index (κ3) is 7.75. The fraction of sp³-hybridized carbons (Fsp3) is 0.125. The van der Waals surface area contributed by atoms with E-state index in [0.717, 1.165) is 4.47 Å². The van der Waals surface area contributed by atoms with Crippen molar-refractivity contribution in [2.24, 2.45) is 0 Å². The lowest BCUT2D eigenvalue weighted by molar-refractivity contribution is 0.0537. The van der Waals surface area contributed by atoms with Gasteiger partial charge in [0.2, 0.25) is 0 Å². The molecule has 0 radical (unpaired) electrons. The molecule has 136 valence electrons. The highest BCUT2D eigenvalue weighted by Gasteiger charge is 2.06. The Morgan fingerprint density at radius 3 is 1.84 bits per heavy atom. The van der Waals surface area contributed by atoms with Crippen molar-refractivity contribution in [2.75, 3.05) is 7.11 Å². The Morgan fingerprint density at radius 1 is 1.00 bits per heavy atom. The van der Waals surface area contributed by atoms with Gasteiger partial charge in [0.1, 0.15) is 0 Å². The first-order valence-electron chi connectivity index (χ1n) is 6.23. The van der Waals surface area contributed by atoms with Crippen molar-refractivity contribution in [3.63, 3.8) is 0 Å². The first kappa shape index (κ1) is 23.9. The number of hydrogen-bond donors (Lipinski definition) is 2. The molecule has 0 atom stereocenters. The molecule has 0 bridgehead atoms. The van der Waals surface area contributed by atoms with Crippen LogP contribution in [0.1, 0.15) is 28.1 Å². The quantitative estimate of drug-likeness (QED) is 0.504. The topological polar surface area (TPSA) is 75.6 Å². The van der Waals surface area contributed by atoms with Gasteiger partial charge in [0.05, 0.1) is 22.7 Å². The van der Waals surface area contributed by atoms with Crippen LogP contribution in [0.5, 0.6) is 0 Å². The zero-order valence-electron chi connectivity index (χ0n) is 12.1. The Balaban J connectivity index is 0.000000449. The van der Waals surface area contributed by atoms with Gasteiger partial charge >= 0.3 is 5.97 Å². The van der Waals surface area contributed by atoms with Gasteiger partial charge in [-0.15, -0.1) is 0 Å². The highest BCUT2D eigenvalue weighted by atomic mass is 79.9. The molecule has 25 heavy (non-hydrogen) atoms. The van der Waals surface area contributed by atoms with Crippen LogP contribution in [0.4, 0.5) is 0 Å². The molecular weight excluding hydrogens is 501 g/mol. The molecule has 0 saturated heterocycles. The molecule has 0 unspecified atom stereocenters. The van der Waals surface area contributed by atoms with E-state index < -0.39 is 5.97 Å². The number of hydrogen-bond acceptors (Lipinski definition) is 3. The summed E-state index contributed by atoms with van der Waals surface area (Å²) >= 11 is 17.8. The number of carbonyl (C=O) groups excluding carboxylic acids is 1. The van der Waals surface area contributed by atoms with E-state index in [4.69, 9.17) is 28.3 Å². The molecule has 0 aliphatic rings. The Labute approximate surface area is 172 Å². The van der Waals surface area contributed by atoms with E-state index in [9.17, 15) is 9.59 Å². The molecule has 2 aromatic carbocycles. The van der Waals surface area contributed by atoms with Crippen LogP contribution < -0.4 is 5.48 Å². The first-order chi connectivity index (χ1) is 11.3. The summed E-state index contributed by atoms with van der Waals surface area (Å²) < 4.78 is 1.45. The Morgan fingerprint density at radius 2 is 1.44 bits per heavy atom. The lowest BCUT2D eigenvalue weighted by Crippen LogP contribution is -2.21. The van der Waals surface area contributed by atoms with E-state index in [1.54, 1.807) is 24.3 Å². The molecule has 0 aliphatic carbocycles. The van der Waals surface area contributed by atoms with E-state index >= 15 is 0 Å². The predicted molar refractivity (Wildman–Crippen MR) is 106 cm³/mol. The molecule has 0 spiro atoms. The molecule has 0 fully saturated rings. The van der Waals surface area contributed by atoms with Crippen molar-refractivity contribution in [3.8, 4) is 0 Å². The molecule has 0 aliphatic heterocycles. The fourth-order valence-corrected chi connectivity index (χ4v) is 2.27. The minimum Gasteiger partial charge on any atom is -0.478 e. The van der Waals surface area contributed by atoms with Crippen molar-refractivity contribution in [1.82, 2.24) is 5.48 Å². The minimum absolute atomic E-state index is 0. The Bertz CT molecular complexity index is 757. The molecular formula is C16H15Br2Cl2NO4. The summed E-state index contributed by atoms with van der Waals surface area (Å²) in [5.74, 6) is -1.30. The summed E-state index contributed by atoms with van der Waals surface area (Å²) in [5.41, 5.74) is 2.84. The summed E-state index contributed by atoms with van der Waals surface area (Å²) in [4.78, 5) is 26.1. The number of carboxylic acid groups (broad SMARTS) is 1. The van der Waals surface area contributed by atoms with Crippen LogP contribution in [-0.4, -0.2) is 24.1 Å². The van der Waals surface area contributed by atoms with E-state index in [-0.39, 0.29) is 18.9 Å². The van der Waals surface area contributed by atoms with Gasteiger partial charge in [-0.05, 0) is 68.3 Å². The molecule has 9 heteroatoms. The standard InChI is InChI=1S/C8H7BrClNO2.C7H4BrClO2.CH4/c1-13-11-8(12)5-2-3-6(9)7(10)4-5;8-5-2-1-4(7(10)11)3-6(5)9;/h2-4H,1H3,(H,11,12);1-3H,(H,10,11);1H4. The smallest absolute Gasteiger partial charge is 0.335 e. The summed E-state index contributed by atoms with van der Waals surface area (Å²) in [5, 5.41) is 9.42. The van der Waals surface area contributed by atoms with Crippen LogP contribution in [0, 0.1) is 0 Å². The van der Waals surface area contributed by atoms with Crippen molar-refractivity contribution >= 4 is 66.9 Å². The summed E-state index contributed by atoms with van der Waals surface area (Å²) in [7, 11) is 1.37. The van der Waals surface area contributed by atoms with E-state index in [1.807, 2.05) is 0 Å². The van der Waals surface area contributed by atoms with Crippen molar-refractivity contribution in [3.05, 3.63) is 66.5 Å². The zero-order chi connectivity index (χ0) is 18.3. The number of rotatable bonds is 3. The monoisotopic (exact) mass is 513 g/mol. The Kier molecular flexibility index (Phi) is 11.0. The molecule has 2 N–H and O–H groups in total. The molecule has 2 rings (SSSR count). The molecule has 0 aromatic heterocycles. The number of carboxylic acids is 1. The third-order valence-electron chi connectivity index (χ3n) is 2.54. The van der Waals surface area contributed by atoms with Crippen LogP contribution in [-0.2, 0) is 4.84 Å². The maximum atomic E-state index is 11.2. The lowest BCUT2D eigenvalue weighted by atomic mass is 10.2. The molecule has 2 aromatic rings. The van der Waals surface area contributed by atoms with Crippen molar-refractivity contribution in [2.45, 2.75) is 7.43 Å². The average molecular weight is 516 g/mol. The van der Waals surface area contributed by atoms with Gasteiger partial charge in [-0.3, -0.25) is 9.63 Å². The molecule has 1 amide bonds. The highest BCUT2D eigenvalue weighted by Crippen LogP contribution is 2.23. The second kappa shape index (κ2) is 11.5. The molecule has 5 nitrogen and oxygen atoms in total. The van der Waals surface area contributed by atoms with E-state index in [2.05, 4.69) is 42.2 Å². The van der Waals surface area contributed by atoms with Gasteiger partial charge in [-0.1, -0.05) is 30.6 Å². The van der Waals surface area contributed by atoms with Gasteiger partial charge in [-0.2, -0.15) is 0 Å². The fourth-order valence-electron chi connectivity index (χ4n) is 1.42. The highest BCUT2D eigenvalue weighted by molar-refractivity contribution is 9.10. The molecule has 0 saturated carbocycles. The minimum atomic E-state index is -0.973. The first-order valence-corrected chi connectivity index (χ1v) is 8.57. The number of hydroxylamine groups is 1. The maximum Gasteiger partial charge on any atom is 0.335 e. The van der Waals surface area contributed by atoms with Gasteiger partial charge < -0.3 is 5.11 Å². The van der Waals surface area contributed by atoms with Crippen molar-refractivity contribution in [1.29, 1.82) is 0 Å². The van der Waals surface area contributed by atoms with Gasteiger partial charge in [0.15, 0.2) is 0 Å². The van der Waals surface area contributed by atoms with E-state index in [0.29, 0.717) is 20.1 Å². The predicted octanol–water partition coefficient (Wildman–Crippen LogP) is 5.83. The van der Waals surface area contributed by atoms with Crippen LogP contribution >= 0.6 is 55.1 Å². The number of amides is 1.